The molecule has 0 amide bonds. The first-order valence-corrected chi connectivity index (χ1v) is 5.23. The van der Waals surface area contributed by atoms with Gasteiger partial charge in [-0.3, -0.25) is 0 Å². The lowest BCUT2D eigenvalue weighted by Gasteiger charge is -2.09. The highest BCUT2D eigenvalue weighted by molar-refractivity contribution is 5.49. The van der Waals surface area contributed by atoms with Gasteiger partial charge in [-0.05, 0) is 48.9 Å². The highest BCUT2D eigenvalue weighted by Gasteiger charge is 2.02. The van der Waals surface area contributed by atoms with Gasteiger partial charge in [-0.1, -0.05) is 6.07 Å². The molecule has 2 N–H and O–H groups in total. The summed E-state index contributed by atoms with van der Waals surface area (Å²) in [6.45, 7) is 1.93. The van der Waals surface area contributed by atoms with Gasteiger partial charge in [-0.15, -0.1) is 0 Å². The first-order chi connectivity index (χ1) is 8.19. The number of ether oxygens (including phenoxy) is 1. The van der Waals surface area contributed by atoms with Crippen LogP contribution in [-0.2, 0) is 0 Å². The Labute approximate surface area is 100 Å². The largest absolute Gasteiger partial charge is 0.457 e. The van der Waals surface area contributed by atoms with E-state index < -0.39 is 0 Å². The van der Waals surface area contributed by atoms with E-state index in [1.54, 1.807) is 24.3 Å². The summed E-state index contributed by atoms with van der Waals surface area (Å²) in [6, 6.07) is 14.6. The normalized spacial score (nSPS) is 9.65. The van der Waals surface area contributed by atoms with Crippen molar-refractivity contribution in [1.29, 1.82) is 5.26 Å². The van der Waals surface area contributed by atoms with Gasteiger partial charge in [0.2, 0.25) is 0 Å². The van der Waals surface area contributed by atoms with E-state index in [9.17, 15) is 0 Å². The molecule has 0 aliphatic rings. The highest BCUT2D eigenvalue weighted by Crippen LogP contribution is 2.26. The summed E-state index contributed by atoms with van der Waals surface area (Å²) in [5.74, 6) is 1.39. The minimum absolute atomic E-state index is 0.579. The molecular formula is C14H12N2O. The number of nitriles is 1. The number of benzene rings is 2. The Morgan fingerprint density at radius 3 is 2.71 bits per heavy atom. The van der Waals surface area contributed by atoms with Crippen molar-refractivity contribution in [1.82, 2.24) is 0 Å². The van der Waals surface area contributed by atoms with Crippen LogP contribution in [0.15, 0.2) is 42.5 Å². The summed E-state index contributed by atoms with van der Waals surface area (Å²) >= 11 is 0. The Hall–Kier alpha value is -2.47. The quantitative estimate of drug-likeness (QED) is 0.796. The van der Waals surface area contributed by atoms with E-state index in [0.29, 0.717) is 17.0 Å². The number of rotatable bonds is 2. The van der Waals surface area contributed by atoms with Gasteiger partial charge in [0.25, 0.3) is 0 Å². The zero-order valence-electron chi connectivity index (χ0n) is 9.47. The monoisotopic (exact) mass is 224 g/mol. The van der Waals surface area contributed by atoms with E-state index in [-0.39, 0.29) is 0 Å². The lowest BCUT2D eigenvalue weighted by atomic mass is 10.2. The molecule has 2 rings (SSSR count). The van der Waals surface area contributed by atoms with E-state index in [1.807, 2.05) is 25.1 Å². The maximum atomic E-state index is 8.80. The molecule has 0 radical (unpaired) electrons. The van der Waals surface area contributed by atoms with Crippen LogP contribution >= 0.6 is 0 Å². The fraction of sp³-hybridized carbons (Fsp3) is 0.0714. The molecule has 0 bridgehead atoms. The van der Waals surface area contributed by atoms with Gasteiger partial charge in [0.1, 0.15) is 11.5 Å². The van der Waals surface area contributed by atoms with Crippen molar-refractivity contribution < 1.29 is 4.74 Å². The first kappa shape index (κ1) is 11.0. The summed E-state index contributed by atoms with van der Waals surface area (Å²) in [4.78, 5) is 0. The Balaban J connectivity index is 2.28. The van der Waals surface area contributed by atoms with E-state index in [0.717, 1.165) is 11.3 Å². The fourth-order valence-corrected chi connectivity index (χ4v) is 1.54. The molecule has 84 valence electrons. The SMILES string of the molecule is Cc1cc(N)ccc1Oc1cccc(C#N)c1. The summed E-state index contributed by atoms with van der Waals surface area (Å²) < 4.78 is 5.70. The third-order valence-electron chi connectivity index (χ3n) is 2.39. The Bertz CT molecular complexity index is 585. The molecule has 0 unspecified atom stereocenters. The van der Waals surface area contributed by atoms with Crippen molar-refractivity contribution >= 4 is 5.69 Å². The molecule has 2 aromatic carbocycles. The number of hydrogen-bond acceptors (Lipinski definition) is 3. The zero-order chi connectivity index (χ0) is 12.3. The second-order valence-electron chi connectivity index (χ2n) is 3.77. The molecule has 0 aromatic heterocycles. The van der Waals surface area contributed by atoms with Gasteiger partial charge in [0.15, 0.2) is 0 Å². The van der Waals surface area contributed by atoms with E-state index in [2.05, 4.69) is 6.07 Å². The third kappa shape index (κ3) is 2.56. The molecule has 0 heterocycles. The third-order valence-corrected chi connectivity index (χ3v) is 2.39. The van der Waals surface area contributed by atoms with Crippen LogP contribution in [0.2, 0.25) is 0 Å². The predicted molar refractivity (Wildman–Crippen MR) is 66.8 cm³/mol. The molecule has 0 saturated heterocycles. The maximum Gasteiger partial charge on any atom is 0.130 e. The molecule has 0 saturated carbocycles. The Morgan fingerprint density at radius 2 is 2.00 bits per heavy atom. The van der Waals surface area contributed by atoms with Crippen LogP contribution in [0.5, 0.6) is 11.5 Å². The molecule has 0 aliphatic heterocycles. The minimum atomic E-state index is 0.579. The predicted octanol–water partition coefficient (Wildman–Crippen LogP) is 3.24. The first-order valence-electron chi connectivity index (χ1n) is 5.23. The van der Waals surface area contributed by atoms with Gasteiger partial charge in [-0.2, -0.15) is 5.26 Å². The van der Waals surface area contributed by atoms with Crippen molar-refractivity contribution in [2.45, 2.75) is 6.92 Å². The molecular weight excluding hydrogens is 212 g/mol. The number of anilines is 1. The molecule has 2 aromatic rings. The fourth-order valence-electron chi connectivity index (χ4n) is 1.54. The molecule has 17 heavy (non-hydrogen) atoms. The molecule has 0 atom stereocenters. The second-order valence-corrected chi connectivity index (χ2v) is 3.77. The van der Waals surface area contributed by atoms with Gasteiger partial charge in [0, 0.05) is 5.69 Å². The Kier molecular flexibility index (Phi) is 2.97. The minimum Gasteiger partial charge on any atom is -0.457 e. The number of hydrogen-bond donors (Lipinski definition) is 1. The van der Waals surface area contributed by atoms with Crippen LogP contribution in [0, 0.1) is 18.3 Å². The summed E-state index contributed by atoms with van der Waals surface area (Å²) in [7, 11) is 0. The van der Waals surface area contributed by atoms with Gasteiger partial charge < -0.3 is 10.5 Å². The number of nitrogens with zero attached hydrogens (tertiary/aromatic N) is 1. The second kappa shape index (κ2) is 4.58. The molecule has 3 heteroatoms. The standard InChI is InChI=1S/C14H12N2O/c1-10-7-12(16)5-6-14(10)17-13-4-2-3-11(8-13)9-15/h2-8H,16H2,1H3. The average Bonchev–Trinajstić information content (AvgIpc) is 2.33. The van der Waals surface area contributed by atoms with Crippen molar-refractivity contribution in [2.24, 2.45) is 0 Å². The van der Waals surface area contributed by atoms with E-state index in [4.69, 9.17) is 15.7 Å². The lowest BCUT2D eigenvalue weighted by molar-refractivity contribution is 0.479. The van der Waals surface area contributed by atoms with Crippen LogP contribution in [-0.4, -0.2) is 0 Å². The van der Waals surface area contributed by atoms with Crippen LogP contribution in [0.25, 0.3) is 0 Å². The van der Waals surface area contributed by atoms with Crippen molar-refractivity contribution in [2.75, 3.05) is 5.73 Å². The van der Waals surface area contributed by atoms with Crippen LogP contribution in [0.1, 0.15) is 11.1 Å². The molecule has 0 fully saturated rings. The van der Waals surface area contributed by atoms with Crippen molar-refractivity contribution in [3.05, 3.63) is 53.6 Å². The van der Waals surface area contributed by atoms with E-state index >= 15 is 0 Å². The number of nitrogens with two attached hydrogens (primary N) is 1. The van der Waals surface area contributed by atoms with Crippen LogP contribution < -0.4 is 10.5 Å². The van der Waals surface area contributed by atoms with Crippen LogP contribution in [0.4, 0.5) is 5.69 Å². The summed E-state index contributed by atoms with van der Waals surface area (Å²) in [6.07, 6.45) is 0. The maximum absolute atomic E-state index is 8.80. The molecule has 0 aliphatic carbocycles. The molecule has 0 spiro atoms. The van der Waals surface area contributed by atoms with Gasteiger partial charge >= 0.3 is 0 Å². The Morgan fingerprint density at radius 1 is 1.18 bits per heavy atom. The van der Waals surface area contributed by atoms with Crippen LogP contribution in [0.3, 0.4) is 0 Å². The van der Waals surface area contributed by atoms with E-state index in [1.165, 1.54) is 0 Å². The molecule has 3 nitrogen and oxygen atoms in total. The van der Waals surface area contributed by atoms with Gasteiger partial charge in [0.05, 0.1) is 11.6 Å². The zero-order valence-corrected chi connectivity index (χ0v) is 9.47. The summed E-state index contributed by atoms with van der Waals surface area (Å²) in [5.41, 5.74) is 7.92. The van der Waals surface area contributed by atoms with Crippen molar-refractivity contribution in [3.8, 4) is 17.6 Å². The smallest absolute Gasteiger partial charge is 0.130 e. The lowest BCUT2D eigenvalue weighted by Crippen LogP contribution is -1.90. The number of aryl methyl sites for hydroxylation is 1. The number of nitrogen functional groups attached to an aromatic ring is 1. The topological polar surface area (TPSA) is 59.0 Å². The highest BCUT2D eigenvalue weighted by atomic mass is 16.5. The summed E-state index contributed by atoms with van der Waals surface area (Å²) in [5, 5.41) is 8.80. The van der Waals surface area contributed by atoms with Crippen molar-refractivity contribution in [3.63, 3.8) is 0 Å². The van der Waals surface area contributed by atoms with Gasteiger partial charge in [-0.25, -0.2) is 0 Å². The average molecular weight is 224 g/mol.